The molecule has 1 N–H and O–H groups in total. The zero-order valence-electron chi connectivity index (χ0n) is 15.8. The minimum atomic E-state index is -0.623. The van der Waals surface area contributed by atoms with Crippen molar-refractivity contribution in [1.82, 2.24) is 4.98 Å². The van der Waals surface area contributed by atoms with Crippen LogP contribution < -0.4 is 19.7 Å². The highest BCUT2D eigenvalue weighted by atomic mass is 16.6. The van der Waals surface area contributed by atoms with Crippen LogP contribution in [0.3, 0.4) is 0 Å². The molecule has 1 saturated heterocycles. The average Bonchev–Trinajstić information content (AvgIpc) is 3.23. The Bertz CT molecular complexity index is 863. The van der Waals surface area contributed by atoms with Crippen molar-refractivity contribution in [2.75, 3.05) is 37.0 Å². The number of hydrogen-bond donors (Lipinski definition) is 1. The van der Waals surface area contributed by atoms with E-state index in [1.165, 1.54) is 19.2 Å². The molecule has 0 unspecified atom stereocenters. The number of aromatic nitrogens is 1. The number of benzene rings is 1. The van der Waals surface area contributed by atoms with Crippen LogP contribution in [0.2, 0.25) is 0 Å². The van der Waals surface area contributed by atoms with Crippen molar-refractivity contribution >= 4 is 23.1 Å². The fourth-order valence-corrected chi connectivity index (χ4v) is 3.10. The fourth-order valence-electron chi connectivity index (χ4n) is 3.10. The summed E-state index contributed by atoms with van der Waals surface area (Å²) >= 11 is 0. The molecule has 1 amide bonds. The van der Waals surface area contributed by atoms with Gasteiger partial charge in [0.25, 0.3) is 11.6 Å². The Hall–Kier alpha value is -3.36. The summed E-state index contributed by atoms with van der Waals surface area (Å²) in [5.74, 6) is 0.695. The van der Waals surface area contributed by atoms with E-state index in [-0.39, 0.29) is 22.7 Å². The zero-order valence-corrected chi connectivity index (χ0v) is 15.8. The fraction of sp³-hybridized carbons (Fsp3) is 0.368. The maximum Gasteiger partial charge on any atom is 0.286 e. The van der Waals surface area contributed by atoms with Gasteiger partial charge in [-0.25, -0.2) is 4.98 Å². The van der Waals surface area contributed by atoms with Gasteiger partial charge in [-0.15, -0.1) is 0 Å². The van der Waals surface area contributed by atoms with Crippen LogP contribution in [0.1, 0.15) is 30.1 Å². The first-order valence-electron chi connectivity index (χ1n) is 9.05. The highest BCUT2D eigenvalue weighted by Crippen LogP contribution is 2.35. The highest BCUT2D eigenvalue weighted by molar-refractivity contribution is 6.07. The lowest BCUT2D eigenvalue weighted by Crippen LogP contribution is -2.19. The number of nitrogens with zero attached hydrogens (tertiary/aromatic N) is 3. The maximum atomic E-state index is 12.7. The molecule has 0 saturated carbocycles. The SMILES string of the molecule is CCOc1cc(C(=O)Nc2ccc(N3CCCC3)nc2)c([N+](=O)[O-])cc1OC. The van der Waals surface area contributed by atoms with Crippen LogP contribution in [-0.4, -0.2) is 42.6 Å². The van der Waals surface area contributed by atoms with Crippen molar-refractivity contribution in [3.05, 3.63) is 46.1 Å². The van der Waals surface area contributed by atoms with Crippen LogP contribution in [0, 0.1) is 10.1 Å². The predicted molar refractivity (Wildman–Crippen MR) is 104 cm³/mol. The van der Waals surface area contributed by atoms with Gasteiger partial charge in [-0.1, -0.05) is 0 Å². The average molecular weight is 386 g/mol. The van der Waals surface area contributed by atoms with E-state index in [2.05, 4.69) is 15.2 Å². The van der Waals surface area contributed by atoms with E-state index in [0.29, 0.717) is 12.3 Å². The second-order valence-electron chi connectivity index (χ2n) is 6.26. The van der Waals surface area contributed by atoms with Crippen LogP contribution in [0.5, 0.6) is 11.5 Å². The number of carbonyl (C=O) groups excluding carboxylic acids is 1. The molecule has 2 aromatic rings. The van der Waals surface area contributed by atoms with Crippen molar-refractivity contribution in [2.45, 2.75) is 19.8 Å². The number of pyridine rings is 1. The topological polar surface area (TPSA) is 107 Å². The molecule has 28 heavy (non-hydrogen) atoms. The molecule has 0 aliphatic carbocycles. The zero-order chi connectivity index (χ0) is 20.1. The number of hydrogen-bond acceptors (Lipinski definition) is 7. The molecule has 0 radical (unpaired) electrons. The summed E-state index contributed by atoms with van der Waals surface area (Å²) < 4.78 is 10.6. The highest BCUT2D eigenvalue weighted by Gasteiger charge is 2.25. The number of methoxy groups -OCH3 is 1. The molecule has 1 aromatic heterocycles. The van der Waals surface area contributed by atoms with Gasteiger partial charge in [0.05, 0.1) is 36.6 Å². The second-order valence-corrected chi connectivity index (χ2v) is 6.26. The van der Waals surface area contributed by atoms with E-state index in [4.69, 9.17) is 9.47 Å². The number of nitrogens with one attached hydrogen (secondary N) is 1. The lowest BCUT2D eigenvalue weighted by atomic mass is 10.1. The van der Waals surface area contributed by atoms with Crippen molar-refractivity contribution in [2.24, 2.45) is 0 Å². The standard InChI is InChI=1S/C19H22N4O5/c1-3-28-17-10-14(15(23(25)26)11-16(17)27-2)19(24)21-13-6-7-18(20-12-13)22-8-4-5-9-22/h6-7,10-12H,3-5,8-9H2,1-2H3,(H,21,24). The van der Waals surface area contributed by atoms with Crippen LogP contribution in [0.4, 0.5) is 17.2 Å². The minimum absolute atomic E-state index is 0.113. The Kier molecular flexibility index (Phi) is 5.93. The molecule has 1 fully saturated rings. The van der Waals surface area contributed by atoms with Gasteiger partial charge in [-0.05, 0) is 31.9 Å². The van der Waals surface area contributed by atoms with Crippen LogP contribution in [0.15, 0.2) is 30.5 Å². The monoisotopic (exact) mass is 386 g/mol. The van der Waals surface area contributed by atoms with E-state index in [0.717, 1.165) is 31.7 Å². The van der Waals surface area contributed by atoms with Crippen molar-refractivity contribution in [3.63, 3.8) is 0 Å². The van der Waals surface area contributed by atoms with Crippen LogP contribution >= 0.6 is 0 Å². The predicted octanol–water partition coefficient (Wildman–Crippen LogP) is 3.25. The van der Waals surface area contributed by atoms with Crippen molar-refractivity contribution in [3.8, 4) is 11.5 Å². The first-order chi connectivity index (χ1) is 13.5. The summed E-state index contributed by atoms with van der Waals surface area (Å²) in [5.41, 5.74) is -0.0201. The van der Waals surface area contributed by atoms with Gasteiger partial charge in [-0.3, -0.25) is 14.9 Å². The minimum Gasteiger partial charge on any atom is -0.493 e. The number of ether oxygens (including phenoxy) is 2. The quantitative estimate of drug-likeness (QED) is 0.575. The Morgan fingerprint density at radius 1 is 1.29 bits per heavy atom. The lowest BCUT2D eigenvalue weighted by molar-refractivity contribution is -0.385. The Labute approximate surface area is 162 Å². The third kappa shape index (κ3) is 4.13. The molecule has 9 nitrogen and oxygen atoms in total. The second kappa shape index (κ2) is 8.55. The van der Waals surface area contributed by atoms with Crippen LogP contribution in [-0.2, 0) is 0 Å². The Balaban J connectivity index is 1.84. The Morgan fingerprint density at radius 2 is 2.04 bits per heavy atom. The van der Waals surface area contributed by atoms with Gasteiger partial charge in [0.1, 0.15) is 11.4 Å². The molecule has 0 spiro atoms. The Morgan fingerprint density at radius 3 is 2.61 bits per heavy atom. The van der Waals surface area contributed by atoms with E-state index in [9.17, 15) is 14.9 Å². The molecule has 9 heteroatoms. The largest absolute Gasteiger partial charge is 0.493 e. The van der Waals surface area contributed by atoms with E-state index in [1.54, 1.807) is 19.2 Å². The maximum absolute atomic E-state index is 12.7. The number of anilines is 2. The number of nitro groups is 1. The molecular formula is C19H22N4O5. The smallest absolute Gasteiger partial charge is 0.286 e. The molecule has 0 bridgehead atoms. The lowest BCUT2D eigenvalue weighted by Gasteiger charge is -2.16. The van der Waals surface area contributed by atoms with Gasteiger partial charge in [0.2, 0.25) is 0 Å². The number of rotatable bonds is 7. The van der Waals surface area contributed by atoms with E-state index < -0.39 is 10.8 Å². The molecule has 2 heterocycles. The van der Waals surface area contributed by atoms with Gasteiger partial charge in [-0.2, -0.15) is 0 Å². The molecule has 0 atom stereocenters. The molecular weight excluding hydrogens is 364 g/mol. The first-order valence-corrected chi connectivity index (χ1v) is 9.05. The van der Waals surface area contributed by atoms with Crippen molar-refractivity contribution < 1.29 is 19.2 Å². The van der Waals surface area contributed by atoms with E-state index in [1.807, 2.05) is 6.07 Å². The van der Waals surface area contributed by atoms with Gasteiger partial charge in [0.15, 0.2) is 11.5 Å². The summed E-state index contributed by atoms with van der Waals surface area (Å²) in [6, 6.07) is 6.07. The summed E-state index contributed by atoms with van der Waals surface area (Å²) in [6.07, 6.45) is 3.83. The van der Waals surface area contributed by atoms with Crippen LogP contribution in [0.25, 0.3) is 0 Å². The third-order valence-electron chi connectivity index (χ3n) is 4.46. The number of nitro benzene ring substituents is 1. The number of carbonyl (C=O) groups is 1. The molecule has 1 aliphatic heterocycles. The molecule has 148 valence electrons. The molecule has 1 aromatic carbocycles. The van der Waals surface area contributed by atoms with Gasteiger partial charge < -0.3 is 19.7 Å². The normalized spacial score (nSPS) is 13.3. The first kappa shape index (κ1) is 19.4. The third-order valence-corrected chi connectivity index (χ3v) is 4.46. The molecule has 3 rings (SSSR count). The van der Waals surface area contributed by atoms with E-state index >= 15 is 0 Å². The summed E-state index contributed by atoms with van der Waals surface area (Å²) in [4.78, 5) is 30.0. The van der Waals surface area contributed by atoms with Gasteiger partial charge >= 0.3 is 0 Å². The number of amides is 1. The van der Waals surface area contributed by atoms with Crippen molar-refractivity contribution in [1.29, 1.82) is 0 Å². The molecule has 1 aliphatic rings. The summed E-state index contributed by atoms with van der Waals surface area (Å²) in [5, 5.41) is 14.1. The summed E-state index contributed by atoms with van der Waals surface area (Å²) in [6.45, 7) is 4.04. The summed E-state index contributed by atoms with van der Waals surface area (Å²) in [7, 11) is 1.38. The van der Waals surface area contributed by atoms with Gasteiger partial charge in [0, 0.05) is 19.2 Å².